The summed E-state index contributed by atoms with van der Waals surface area (Å²) in [7, 11) is 0. The first kappa shape index (κ1) is 24.3. The van der Waals surface area contributed by atoms with Crippen LogP contribution in [0.2, 0.25) is 0 Å². The van der Waals surface area contributed by atoms with Gasteiger partial charge in [-0.25, -0.2) is 0 Å². The predicted molar refractivity (Wildman–Crippen MR) is 148 cm³/mol. The summed E-state index contributed by atoms with van der Waals surface area (Å²) in [6, 6.07) is 34.9. The van der Waals surface area contributed by atoms with Gasteiger partial charge in [0.05, 0.1) is 0 Å². The highest BCUT2D eigenvalue weighted by Gasteiger charge is 2.14. The number of ketones is 2. The van der Waals surface area contributed by atoms with Gasteiger partial charge in [0.1, 0.15) is 11.5 Å². The first-order chi connectivity index (χ1) is 18.5. The Labute approximate surface area is 220 Å². The monoisotopic (exact) mass is 500 g/mol. The van der Waals surface area contributed by atoms with E-state index in [2.05, 4.69) is 0 Å². The van der Waals surface area contributed by atoms with E-state index >= 15 is 0 Å². The maximum absolute atomic E-state index is 12.8. The van der Waals surface area contributed by atoms with E-state index in [-0.39, 0.29) is 11.6 Å². The lowest BCUT2D eigenvalue weighted by Gasteiger charge is -2.13. The van der Waals surface area contributed by atoms with Crippen molar-refractivity contribution in [2.45, 2.75) is 0 Å². The third-order valence-electron chi connectivity index (χ3n) is 5.95. The van der Waals surface area contributed by atoms with Crippen LogP contribution in [0.5, 0.6) is 23.0 Å². The molecule has 0 aliphatic rings. The molecule has 0 atom stereocenters. The van der Waals surface area contributed by atoms with Crippen molar-refractivity contribution in [3.05, 3.63) is 144 Å². The molecule has 0 aliphatic carbocycles. The number of nitrogen functional groups attached to an aromatic ring is 2. The van der Waals surface area contributed by atoms with Gasteiger partial charge in [-0.2, -0.15) is 0 Å². The number of hydrogen-bond acceptors (Lipinski definition) is 6. The van der Waals surface area contributed by atoms with Gasteiger partial charge in [0.15, 0.2) is 23.1 Å². The highest BCUT2D eigenvalue weighted by molar-refractivity contribution is 6.12. The quantitative estimate of drug-likeness (QED) is 0.177. The summed E-state index contributed by atoms with van der Waals surface area (Å²) in [5, 5.41) is 0. The van der Waals surface area contributed by atoms with Crippen molar-refractivity contribution in [1.29, 1.82) is 0 Å². The summed E-state index contributed by atoms with van der Waals surface area (Å²) in [4.78, 5) is 25.6. The molecule has 6 heteroatoms. The van der Waals surface area contributed by atoms with Crippen LogP contribution in [0.3, 0.4) is 0 Å². The molecule has 38 heavy (non-hydrogen) atoms. The molecule has 0 aliphatic heterocycles. The molecule has 0 spiro atoms. The van der Waals surface area contributed by atoms with Crippen molar-refractivity contribution in [3.8, 4) is 23.0 Å². The number of carbonyl (C=O) groups is 2. The van der Waals surface area contributed by atoms with Gasteiger partial charge in [-0.05, 0) is 84.9 Å². The number of rotatable bonds is 8. The van der Waals surface area contributed by atoms with Gasteiger partial charge < -0.3 is 20.9 Å². The molecule has 0 bridgehead atoms. The normalized spacial score (nSPS) is 10.5. The fourth-order valence-corrected chi connectivity index (χ4v) is 3.94. The zero-order valence-electron chi connectivity index (χ0n) is 20.3. The Hall–Kier alpha value is -5.36. The number of para-hydroxylation sites is 4. The molecule has 5 aromatic rings. The number of benzene rings is 5. The molecule has 0 saturated heterocycles. The van der Waals surface area contributed by atoms with Crippen molar-refractivity contribution in [3.63, 3.8) is 0 Å². The van der Waals surface area contributed by atoms with Gasteiger partial charge in [0.25, 0.3) is 0 Å². The van der Waals surface area contributed by atoms with Crippen molar-refractivity contribution >= 4 is 22.9 Å². The maximum atomic E-state index is 12.8. The smallest absolute Gasteiger partial charge is 0.195 e. The van der Waals surface area contributed by atoms with E-state index in [0.717, 1.165) is 0 Å². The van der Waals surface area contributed by atoms with E-state index in [1.807, 2.05) is 12.1 Å². The predicted octanol–water partition coefficient (Wildman–Crippen LogP) is 6.90. The average molecular weight is 501 g/mol. The molecule has 0 aromatic heterocycles. The lowest BCUT2D eigenvalue weighted by Crippen LogP contribution is -2.05. The topological polar surface area (TPSA) is 105 Å². The largest absolute Gasteiger partial charge is 0.453 e. The fraction of sp³-hybridized carbons (Fsp3) is 0. The third kappa shape index (κ3) is 5.24. The Bertz CT molecular complexity index is 1490. The minimum Gasteiger partial charge on any atom is -0.453 e. The van der Waals surface area contributed by atoms with Crippen molar-refractivity contribution < 1.29 is 19.1 Å². The summed E-state index contributed by atoms with van der Waals surface area (Å²) in [5.74, 6) is 1.76. The van der Waals surface area contributed by atoms with E-state index in [1.165, 1.54) is 0 Å². The molecule has 0 fully saturated rings. The lowest BCUT2D eigenvalue weighted by atomic mass is 10.0. The molecule has 0 heterocycles. The number of nitrogens with two attached hydrogens (primary N) is 2. The van der Waals surface area contributed by atoms with Crippen LogP contribution < -0.4 is 20.9 Å². The molecule has 5 rings (SSSR count). The number of hydrogen-bond donors (Lipinski definition) is 2. The number of carbonyl (C=O) groups excluding carboxylic acids is 2. The average Bonchev–Trinajstić information content (AvgIpc) is 2.95. The van der Waals surface area contributed by atoms with Gasteiger partial charge in [-0.1, -0.05) is 36.4 Å². The second-order valence-corrected chi connectivity index (χ2v) is 8.53. The van der Waals surface area contributed by atoms with Gasteiger partial charge in [0, 0.05) is 33.6 Å². The summed E-state index contributed by atoms with van der Waals surface area (Å²) < 4.78 is 12.1. The van der Waals surface area contributed by atoms with E-state index in [0.29, 0.717) is 56.6 Å². The van der Waals surface area contributed by atoms with Crippen LogP contribution in [0, 0.1) is 0 Å². The number of ether oxygens (including phenoxy) is 2. The van der Waals surface area contributed by atoms with Gasteiger partial charge in [0.2, 0.25) is 0 Å². The molecule has 0 unspecified atom stereocenters. The Morgan fingerprint density at radius 2 is 0.789 bits per heavy atom. The van der Waals surface area contributed by atoms with Crippen molar-refractivity contribution in [2.24, 2.45) is 0 Å². The maximum Gasteiger partial charge on any atom is 0.195 e. The van der Waals surface area contributed by atoms with Crippen LogP contribution in [-0.2, 0) is 0 Å². The van der Waals surface area contributed by atoms with Crippen LogP contribution in [0.4, 0.5) is 11.4 Å². The Morgan fingerprint density at radius 1 is 0.447 bits per heavy atom. The van der Waals surface area contributed by atoms with Crippen molar-refractivity contribution in [2.75, 3.05) is 11.5 Å². The Kier molecular flexibility index (Phi) is 6.87. The fourth-order valence-electron chi connectivity index (χ4n) is 3.94. The van der Waals surface area contributed by atoms with Crippen LogP contribution in [0.25, 0.3) is 0 Å². The molecular weight excluding hydrogens is 476 g/mol. The Balaban J connectivity index is 1.29. The minimum atomic E-state index is -0.157. The highest BCUT2D eigenvalue weighted by atomic mass is 16.5. The molecule has 186 valence electrons. The van der Waals surface area contributed by atoms with Gasteiger partial charge >= 0.3 is 0 Å². The van der Waals surface area contributed by atoms with E-state index in [9.17, 15) is 9.59 Å². The Morgan fingerprint density at radius 3 is 1.16 bits per heavy atom. The molecule has 0 radical (unpaired) electrons. The second kappa shape index (κ2) is 10.7. The van der Waals surface area contributed by atoms with Crippen LogP contribution in [0.1, 0.15) is 31.8 Å². The first-order valence-corrected chi connectivity index (χ1v) is 11.9. The molecule has 0 amide bonds. The van der Waals surface area contributed by atoms with Gasteiger partial charge in [-0.3, -0.25) is 9.59 Å². The van der Waals surface area contributed by atoms with Crippen LogP contribution >= 0.6 is 0 Å². The van der Waals surface area contributed by atoms with Crippen LogP contribution in [0.15, 0.2) is 121 Å². The standard InChI is InChI=1S/C32H24N2O4/c33-27-9-3-1-7-25(27)31(35)21-13-17-23(18-14-21)37-29-11-5-6-12-30(29)38-24-19-15-22(16-20-24)32(36)26-8-2-4-10-28(26)34/h1-20H,33-34H2. The van der Waals surface area contributed by atoms with Crippen molar-refractivity contribution in [1.82, 2.24) is 0 Å². The molecular formula is C32H24N2O4. The van der Waals surface area contributed by atoms with Crippen LogP contribution in [-0.4, -0.2) is 11.6 Å². The second-order valence-electron chi connectivity index (χ2n) is 8.53. The van der Waals surface area contributed by atoms with Gasteiger partial charge in [-0.15, -0.1) is 0 Å². The molecule has 0 saturated carbocycles. The summed E-state index contributed by atoms with van der Waals surface area (Å²) in [6.45, 7) is 0. The SMILES string of the molecule is Nc1ccccc1C(=O)c1ccc(Oc2ccccc2Oc2ccc(C(=O)c3ccccc3N)cc2)cc1. The van der Waals surface area contributed by atoms with E-state index in [1.54, 1.807) is 109 Å². The molecule has 6 nitrogen and oxygen atoms in total. The summed E-state index contributed by atoms with van der Waals surface area (Å²) >= 11 is 0. The minimum absolute atomic E-state index is 0.157. The lowest BCUT2D eigenvalue weighted by molar-refractivity contribution is 0.103. The zero-order valence-corrected chi connectivity index (χ0v) is 20.3. The summed E-state index contributed by atoms with van der Waals surface area (Å²) in [5.41, 5.74) is 14.7. The molecule has 5 aromatic carbocycles. The van der Waals surface area contributed by atoms with E-state index < -0.39 is 0 Å². The van der Waals surface area contributed by atoms with E-state index in [4.69, 9.17) is 20.9 Å². The summed E-state index contributed by atoms with van der Waals surface area (Å²) in [6.07, 6.45) is 0. The molecule has 4 N–H and O–H groups in total. The highest BCUT2D eigenvalue weighted by Crippen LogP contribution is 2.35. The first-order valence-electron chi connectivity index (χ1n) is 11.9. The number of anilines is 2. The zero-order chi connectivity index (χ0) is 26.5. The third-order valence-corrected chi connectivity index (χ3v) is 5.95.